The molecular weight excluding hydrogens is 305 g/mol. The molecule has 0 aromatic heterocycles. The Labute approximate surface area is 132 Å². The minimum Gasteiger partial charge on any atom is -0.497 e. The van der Waals surface area contributed by atoms with E-state index in [4.69, 9.17) is 4.74 Å². The third-order valence-corrected chi connectivity index (χ3v) is 3.47. The number of methoxy groups -OCH3 is 1. The summed E-state index contributed by atoms with van der Waals surface area (Å²) in [7, 11) is 1.46. The number of hydrogen-bond donors (Lipinski definition) is 1. The normalized spacial score (nSPS) is 13.7. The molecule has 0 aliphatic heterocycles. The van der Waals surface area contributed by atoms with Crippen LogP contribution in [0.1, 0.15) is 11.1 Å². The van der Waals surface area contributed by atoms with Gasteiger partial charge in [0.1, 0.15) is 11.8 Å². The van der Waals surface area contributed by atoms with Gasteiger partial charge in [0.25, 0.3) is 0 Å². The van der Waals surface area contributed by atoms with E-state index < -0.39 is 11.7 Å². The molecule has 23 heavy (non-hydrogen) atoms. The SMILES string of the molecule is COc1ccc(N[C@@](C#N)(c2cccc(C)c2)C(F)(F)F)cc1. The van der Waals surface area contributed by atoms with Crippen LogP contribution in [0.25, 0.3) is 0 Å². The third-order valence-electron chi connectivity index (χ3n) is 3.47. The van der Waals surface area contributed by atoms with Crippen LogP contribution >= 0.6 is 0 Å². The molecular formula is C17H15F3N2O. The lowest BCUT2D eigenvalue weighted by molar-refractivity contribution is -0.165. The monoisotopic (exact) mass is 320 g/mol. The molecule has 1 N–H and O–H groups in total. The second-order valence-corrected chi connectivity index (χ2v) is 5.08. The first kappa shape index (κ1) is 16.7. The van der Waals surface area contributed by atoms with Crippen LogP contribution < -0.4 is 10.1 Å². The largest absolute Gasteiger partial charge is 0.497 e. The van der Waals surface area contributed by atoms with Gasteiger partial charge in [0.05, 0.1) is 7.11 Å². The molecule has 0 radical (unpaired) electrons. The maximum absolute atomic E-state index is 13.7. The molecule has 0 saturated heterocycles. The Bertz CT molecular complexity index is 720. The number of nitriles is 1. The van der Waals surface area contributed by atoms with Crippen molar-refractivity contribution in [2.24, 2.45) is 0 Å². The van der Waals surface area contributed by atoms with E-state index in [2.05, 4.69) is 5.32 Å². The van der Waals surface area contributed by atoms with Crippen LogP contribution in [0.5, 0.6) is 5.75 Å². The first-order chi connectivity index (χ1) is 10.8. The van der Waals surface area contributed by atoms with Crippen molar-refractivity contribution in [2.45, 2.75) is 18.6 Å². The minimum absolute atomic E-state index is 0.150. The summed E-state index contributed by atoms with van der Waals surface area (Å²) in [5.74, 6) is 0.515. The van der Waals surface area contributed by atoms with Crippen molar-refractivity contribution in [3.63, 3.8) is 0 Å². The highest BCUT2D eigenvalue weighted by Gasteiger charge is 2.57. The zero-order valence-corrected chi connectivity index (χ0v) is 12.6. The Morgan fingerprint density at radius 1 is 1.09 bits per heavy atom. The van der Waals surface area contributed by atoms with E-state index in [9.17, 15) is 18.4 Å². The average Bonchev–Trinajstić information content (AvgIpc) is 2.52. The van der Waals surface area contributed by atoms with Crippen molar-refractivity contribution >= 4 is 5.69 Å². The molecule has 0 saturated carbocycles. The van der Waals surface area contributed by atoms with Crippen molar-refractivity contribution in [2.75, 3.05) is 12.4 Å². The Balaban J connectivity index is 2.52. The Hall–Kier alpha value is -2.68. The lowest BCUT2D eigenvalue weighted by atomic mass is 9.89. The Morgan fingerprint density at radius 3 is 2.22 bits per heavy atom. The number of nitrogens with zero attached hydrogens (tertiary/aromatic N) is 1. The molecule has 2 aromatic carbocycles. The topological polar surface area (TPSA) is 45.0 Å². The zero-order valence-electron chi connectivity index (χ0n) is 12.6. The molecule has 6 heteroatoms. The van der Waals surface area contributed by atoms with Crippen molar-refractivity contribution in [3.8, 4) is 11.8 Å². The smallest absolute Gasteiger partial charge is 0.429 e. The molecule has 0 bridgehead atoms. The molecule has 0 amide bonds. The minimum atomic E-state index is -4.80. The Kier molecular flexibility index (Phi) is 4.50. The number of ether oxygens (including phenoxy) is 1. The molecule has 1 atom stereocenters. The summed E-state index contributed by atoms with van der Waals surface area (Å²) in [4.78, 5) is 0. The van der Waals surface area contributed by atoms with Gasteiger partial charge in [0.2, 0.25) is 5.54 Å². The number of anilines is 1. The fourth-order valence-corrected chi connectivity index (χ4v) is 2.23. The van der Waals surface area contributed by atoms with Crippen LogP contribution in [0.15, 0.2) is 48.5 Å². The fourth-order valence-electron chi connectivity index (χ4n) is 2.23. The summed E-state index contributed by atoms with van der Waals surface area (Å²) in [5, 5.41) is 11.7. The number of nitrogens with one attached hydrogen (secondary N) is 1. The van der Waals surface area contributed by atoms with E-state index in [-0.39, 0.29) is 11.3 Å². The summed E-state index contributed by atoms with van der Waals surface area (Å²) < 4.78 is 46.1. The van der Waals surface area contributed by atoms with Gasteiger partial charge in [-0.25, -0.2) is 0 Å². The molecule has 0 spiro atoms. The predicted molar refractivity (Wildman–Crippen MR) is 81.1 cm³/mol. The highest BCUT2D eigenvalue weighted by Crippen LogP contribution is 2.41. The first-order valence-corrected chi connectivity index (χ1v) is 6.80. The third kappa shape index (κ3) is 3.24. The van der Waals surface area contributed by atoms with Gasteiger partial charge in [-0.2, -0.15) is 18.4 Å². The highest BCUT2D eigenvalue weighted by molar-refractivity contribution is 5.54. The number of benzene rings is 2. The highest BCUT2D eigenvalue weighted by atomic mass is 19.4. The standard InChI is InChI=1S/C17H15F3N2O/c1-12-4-3-5-13(10-12)16(11-21,17(18,19)20)22-14-6-8-15(23-2)9-7-14/h3-10,22H,1-2H3/t16-/m0/s1. The van der Waals surface area contributed by atoms with Crippen LogP contribution in [-0.4, -0.2) is 13.3 Å². The van der Waals surface area contributed by atoms with E-state index in [0.29, 0.717) is 11.3 Å². The van der Waals surface area contributed by atoms with Crippen LogP contribution in [-0.2, 0) is 5.54 Å². The molecule has 0 aliphatic carbocycles. The van der Waals surface area contributed by atoms with Gasteiger partial charge in [-0.3, -0.25) is 0 Å². The molecule has 2 rings (SSSR count). The molecule has 0 heterocycles. The predicted octanol–water partition coefficient (Wildman–Crippen LogP) is 4.40. The summed E-state index contributed by atoms with van der Waals surface area (Å²) in [6.07, 6.45) is -4.80. The van der Waals surface area contributed by atoms with Crippen molar-refractivity contribution in [1.82, 2.24) is 0 Å². The van der Waals surface area contributed by atoms with Gasteiger partial charge in [0, 0.05) is 11.3 Å². The first-order valence-electron chi connectivity index (χ1n) is 6.80. The van der Waals surface area contributed by atoms with Gasteiger partial charge in [-0.05, 0) is 31.2 Å². The van der Waals surface area contributed by atoms with Gasteiger partial charge in [-0.1, -0.05) is 29.8 Å². The summed E-state index contributed by atoms with van der Waals surface area (Å²) in [5.41, 5.74) is -2.16. The summed E-state index contributed by atoms with van der Waals surface area (Å²) >= 11 is 0. The van der Waals surface area contributed by atoms with Crippen LogP contribution in [0, 0.1) is 18.3 Å². The maximum Gasteiger partial charge on any atom is 0.429 e. The average molecular weight is 320 g/mol. The second-order valence-electron chi connectivity index (χ2n) is 5.08. The summed E-state index contributed by atoms with van der Waals surface area (Å²) in [6.45, 7) is 1.68. The van der Waals surface area contributed by atoms with Crippen LogP contribution in [0.4, 0.5) is 18.9 Å². The van der Waals surface area contributed by atoms with E-state index in [1.54, 1.807) is 13.0 Å². The lowest BCUT2D eigenvalue weighted by Crippen LogP contribution is -2.48. The van der Waals surface area contributed by atoms with Gasteiger partial charge in [-0.15, -0.1) is 0 Å². The Morgan fingerprint density at radius 2 is 1.74 bits per heavy atom. The van der Waals surface area contributed by atoms with Crippen molar-refractivity contribution in [3.05, 3.63) is 59.7 Å². The quantitative estimate of drug-likeness (QED) is 0.908. The number of rotatable bonds is 4. The molecule has 120 valence electrons. The number of alkyl halides is 3. The number of hydrogen-bond acceptors (Lipinski definition) is 3. The maximum atomic E-state index is 13.7. The van der Waals surface area contributed by atoms with Crippen LogP contribution in [0.3, 0.4) is 0 Å². The lowest BCUT2D eigenvalue weighted by Gasteiger charge is -2.31. The van der Waals surface area contributed by atoms with Crippen molar-refractivity contribution in [1.29, 1.82) is 5.26 Å². The van der Waals surface area contributed by atoms with Gasteiger partial charge < -0.3 is 10.1 Å². The van der Waals surface area contributed by atoms with Crippen molar-refractivity contribution < 1.29 is 17.9 Å². The van der Waals surface area contributed by atoms with E-state index in [0.717, 1.165) is 0 Å². The molecule has 0 unspecified atom stereocenters. The van der Waals surface area contributed by atoms with Crippen LogP contribution in [0.2, 0.25) is 0 Å². The molecule has 2 aromatic rings. The molecule has 0 aliphatic rings. The summed E-state index contributed by atoms with van der Waals surface area (Å²) in [6, 6.07) is 13.2. The van der Waals surface area contributed by atoms with E-state index in [1.807, 2.05) is 0 Å². The number of aryl methyl sites for hydroxylation is 1. The van der Waals surface area contributed by atoms with Gasteiger partial charge >= 0.3 is 6.18 Å². The second kappa shape index (κ2) is 6.21. The van der Waals surface area contributed by atoms with Gasteiger partial charge in [0.15, 0.2) is 0 Å². The number of halogens is 3. The molecule has 3 nitrogen and oxygen atoms in total. The zero-order chi connectivity index (χ0) is 17.1. The van der Waals surface area contributed by atoms with E-state index >= 15 is 0 Å². The van der Waals surface area contributed by atoms with E-state index in [1.165, 1.54) is 55.6 Å². The fraction of sp³-hybridized carbons (Fsp3) is 0.235. The molecule has 0 fully saturated rings.